The summed E-state index contributed by atoms with van der Waals surface area (Å²) in [5.41, 5.74) is 2.09. The molecule has 0 saturated carbocycles. The molecule has 0 fully saturated rings. The van der Waals surface area contributed by atoms with E-state index in [9.17, 15) is 5.11 Å². The van der Waals surface area contributed by atoms with Gasteiger partial charge in [-0.3, -0.25) is 9.58 Å². The van der Waals surface area contributed by atoms with Crippen molar-refractivity contribution in [3.05, 3.63) is 46.2 Å². The third kappa shape index (κ3) is 3.40. The van der Waals surface area contributed by atoms with E-state index in [0.29, 0.717) is 6.54 Å². The molecule has 0 saturated heterocycles. The summed E-state index contributed by atoms with van der Waals surface area (Å²) in [7, 11) is 3.85. The number of aryl methyl sites for hydroxylation is 1. The van der Waals surface area contributed by atoms with Crippen molar-refractivity contribution in [3.63, 3.8) is 0 Å². The summed E-state index contributed by atoms with van der Waals surface area (Å²) in [4.78, 5) is 2.08. The van der Waals surface area contributed by atoms with Gasteiger partial charge in [-0.1, -0.05) is 33.3 Å². The first kappa shape index (κ1) is 14.2. The molecule has 0 spiro atoms. The Morgan fingerprint density at radius 3 is 2.84 bits per heavy atom. The lowest BCUT2D eigenvalue weighted by Gasteiger charge is -2.26. The zero-order valence-electron chi connectivity index (χ0n) is 11.0. The lowest BCUT2D eigenvalue weighted by molar-refractivity contribution is 0.140. The first-order valence-corrected chi connectivity index (χ1v) is 6.81. The minimum Gasteiger partial charge on any atom is -0.394 e. The van der Waals surface area contributed by atoms with E-state index in [2.05, 4.69) is 31.1 Å². The Kier molecular flexibility index (Phi) is 4.68. The van der Waals surface area contributed by atoms with E-state index < -0.39 is 0 Å². The van der Waals surface area contributed by atoms with Crippen molar-refractivity contribution in [1.29, 1.82) is 0 Å². The molecule has 1 heterocycles. The highest BCUT2D eigenvalue weighted by Gasteiger charge is 2.17. The predicted octanol–water partition coefficient (Wildman–Crippen LogP) is 1.74. The highest BCUT2D eigenvalue weighted by molar-refractivity contribution is 9.10. The Hall–Kier alpha value is -1.24. The fourth-order valence-electron chi connectivity index (χ4n) is 2.03. The number of likely N-dealkylation sites (N-methyl/N-ethyl adjacent to an activating group) is 1. The first-order valence-electron chi connectivity index (χ1n) is 6.02. The van der Waals surface area contributed by atoms with Gasteiger partial charge in [-0.05, 0) is 24.7 Å². The molecule has 0 aliphatic carbocycles. The molecule has 1 N–H and O–H groups in total. The maximum absolute atomic E-state index is 9.64. The van der Waals surface area contributed by atoms with Gasteiger partial charge in [0, 0.05) is 18.1 Å². The number of halogens is 1. The Balaban J connectivity index is 2.15. The normalized spacial score (nSPS) is 12.9. The van der Waals surface area contributed by atoms with Crippen LogP contribution in [0.3, 0.4) is 0 Å². The van der Waals surface area contributed by atoms with Crippen LogP contribution < -0.4 is 0 Å². The number of benzene rings is 1. The Morgan fingerprint density at radius 1 is 1.47 bits per heavy atom. The summed E-state index contributed by atoms with van der Waals surface area (Å²) in [5, 5.41) is 17.4. The summed E-state index contributed by atoms with van der Waals surface area (Å²) in [6.07, 6.45) is 1.74. The molecule has 102 valence electrons. The van der Waals surface area contributed by atoms with Crippen molar-refractivity contribution in [3.8, 4) is 0 Å². The molecule has 5 nitrogen and oxygen atoms in total. The second kappa shape index (κ2) is 6.27. The Morgan fingerprint density at radius 2 is 2.26 bits per heavy atom. The number of aliphatic hydroxyl groups excluding tert-OH is 1. The van der Waals surface area contributed by atoms with Gasteiger partial charge in [0.05, 0.1) is 24.5 Å². The topological polar surface area (TPSA) is 54.2 Å². The highest BCUT2D eigenvalue weighted by Crippen LogP contribution is 2.23. The summed E-state index contributed by atoms with van der Waals surface area (Å²) >= 11 is 3.46. The van der Waals surface area contributed by atoms with Gasteiger partial charge in [0.1, 0.15) is 0 Å². The van der Waals surface area contributed by atoms with E-state index >= 15 is 0 Å². The van der Waals surface area contributed by atoms with E-state index in [0.717, 1.165) is 15.7 Å². The zero-order chi connectivity index (χ0) is 13.8. The van der Waals surface area contributed by atoms with Crippen LogP contribution >= 0.6 is 15.9 Å². The quantitative estimate of drug-likeness (QED) is 0.910. The van der Waals surface area contributed by atoms with Gasteiger partial charge in [0.15, 0.2) is 0 Å². The molecule has 0 radical (unpaired) electrons. The molecule has 1 atom stereocenters. The van der Waals surface area contributed by atoms with Gasteiger partial charge in [0.2, 0.25) is 0 Å². The van der Waals surface area contributed by atoms with Crippen molar-refractivity contribution >= 4 is 15.9 Å². The average Bonchev–Trinajstić information content (AvgIpc) is 2.76. The number of hydrogen-bond acceptors (Lipinski definition) is 4. The van der Waals surface area contributed by atoms with Gasteiger partial charge < -0.3 is 5.11 Å². The molecule has 0 bridgehead atoms. The number of aliphatic hydroxyl groups is 1. The minimum absolute atomic E-state index is 0.0487. The molecular weight excluding hydrogens is 308 g/mol. The average molecular weight is 325 g/mol. The van der Waals surface area contributed by atoms with Crippen LogP contribution in [0.2, 0.25) is 0 Å². The van der Waals surface area contributed by atoms with E-state index in [1.165, 1.54) is 0 Å². The summed E-state index contributed by atoms with van der Waals surface area (Å²) < 4.78 is 2.75. The summed E-state index contributed by atoms with van der Waals surface area (Å²) in [5.74, 6) is 0. The van der Waals surface area contributed by atoms with Crippen LogP contribution in [0.4, 0.5) is 0 Å². The second-order valence-corrected chi connectivity index (χ2v) is 5.43. The molecule has 0 aliphatic heterocycles. The third-order valence-electron chi connectivity index (χ3n) is 3.16. The van der Waals surface area contributed by atoms with Crippen LogP contribution in [0.15, 0.2) is 34.9 Å². The van der Waals surface area contributed by atoms with Crippen molar-refractivity contribution < 1.29 is 5.11 Å². The van der Waals surface area contributed by atoms with Gasteiger partial charge >= 0.3 is 0 Å². The van der Waals surface area contributed by atoms with Crippen molar-refractivity contribution in [2.75, 3.05) is 13.7 Å². The summed E-state index contributed by atoms with van der Waals surface area (Å²) in [6.45, 7) is 0.749. The van der Waals surface area contributed by atoms with Gasteiger partial charge in [-0.15, -0.1) is 5.10 Å². The van der Waals surface area contributed by atoms with E-state index in [-0.39, 0.29) is 12.6 Å². The summed E-state index contributed by atoms with van der Waals surface area (Å²) in [6, 6.07) is 7.94. The smallest absolute Gasteiger partial charge is 0.0738 e. The van der Waals surface area contributed by atoms with Crippen LogP contribution in [0, 0.1) is 0 Å². The molecule has 0 amide bonds. The Bertz CT molecular complexity index is 543. The molecule has 1 aromatic carbocycles. The molecular formula is C13H17BrN4O. The van der Waals surface area contributed by atoms with Crippen LogP contribution in [0.25, 0.3) is 0 Å². The fraction of sp³-hybridized carbons (Fsp3) is 0.385. The van der Waals surface area contributed by atoms with Gasteiger partial charge in [-0.25, -0.2) is 0 Å². The van der Waals surface area contributed by atoms with E-state index in [4.69, 9.17) is 0 Å². The molecule has 2 aromatic rings. The second-order valence-electron chi connectivity index (χ2n) is 4.52. The first-order chi connectivity index (χ1) is 9.11. The van der Waals surface area contributed by atoms with Gasteiger partial charge in [0.25, 0.3) is 0 Å². The maximum atomic E-state index is 9.64. The van der Waals surface area contributed by atoms with Crippen LogP contribution in [0.5, 0.6) is 0 Å². The maximum Gasteiger partial charge on any atom is 0.0738 e. The molecule has 6 heteroatoms. The molecule has 19 heavy (non-hydrogen) atoms. The molecule has 1 aromatic heterocycles. The zero-order valence-corrected chi connectivity index (χ0v) is 12.6. The monoisotopic (exact) mass is 324 g/mol. The highest BCUT2D eigenvalue weighted by atomic mass is 79.9. The predicted molar refractivity (Wildman–Crippen MR) is 76.4 cm³/mol. The fourth-order valence-corrected chi connectivity index (χ4v) is 2.45. The van der Waals surface area contributed by atoms with Crippen molar-refractivity contribution in [2.45, 2.75) is 12.6 Å². The minimum atomic E-state index is -0.0487. The van der Waals surface area contributed by atoms with Crippen LogP contribution in [-0.4, -0.2) is 38.7 Å². The number of aromatic nitrogens is 3. The van der Waals surface area contributed by atoms with E-state index in [1.54, 1.807) is 10.9 Å². The van der Waals surface area contributed by atoms with Gasteiger partial charge in [-0.2, -0.15) is 0 Å². The molecule has 1 unspecified atom stereocenters. The van der Waals surface area contributed by atoms with Crippen molar-refractivity contribution in [2.24, 2.45) is 7.05 Å². The standard InChI is InChI=1S/C13H17BrN4O/c1-17(8-12-7-15-16-18(12)2)13(9-19)10-4-3-5-11(14)6-10/h3-7,13,19H,8-9H2,1-2H3. The van der Waals surface area contributed by atoms with E-state index in [1.807, 2.05) is 38.4 Å². The molecule has 2 rings (SSSR count). The van der Waals surface area contributed by atoms with Crippen LogP contribution in [-0.2, 0) is 13.6 Å². The van der Waals surface area contributed by atoms with Crippen LogP contribution in [0.1, 0.15) is 17.3 Å². The number of rotatable bonds is 5. The number of hydrogen-bond donors (Lipinski definition) is 1. The number of nitrogens with zero attached hydrogens (tertiary/aromatic N) is 4. The Labute approximate surface area is 121 Å². The third-order valence-corrected chi connectivity index (χ3v) is 3.65. The largest absolute Gasteiger partial charge is 0.394 e. The van der Waals surface area contributed by atoms with Crippen molar-refractivity contribution in [1.82, 2.24) is 19.9 Å². The molecule has 0 aliphatic rings. The SMILES string of the molecule is CN(Cc1cnnn1C)C(CO)c1cccc(Br)c1. The lowest BCUT2D eigenvalue weighted by Crippen LogP contribution is -2.27. The lowest BCUT2D eigenvalue weighted by atomic mass is 10.1.